The summed E-state index contributed by atoms with van der Waals surface area (Å²) in [7, 11) is 0. The number of aromatic nitrogens is 1. The molecule has 2 aromatic rings. The average Bonchev–Trinajstić information content (AvgIpc) is 2.61. The van der Waals surface area contributed by atoms with Gasteiger partial charge in [-0.15, -0.1) is 12.4 Å². The van der Waals surface area contributed by atoms with Crippen LogP contribution in [0.5, 0.6) is 5.75 Å². The lowest BCUT2D eigenvalue weighted by atomic mass is 9.97. The molecule has 1 aromatic heterocycles. The van der Waals surface area contributed by atoms with Crippen molar-refractivity contribution in [3.8, 4) is 5.75 Å². The summed E-state index contributed by atoms with van der Waals surface area (Å²) >= 11 is 0. The lowest BCUT2D eigenvalue weighted by Crippen LogP contribution is -2.16. The van der Waals surface area contributed by atoms with Crippen LogP contribution < -0.4 is 10.1 Å². The van der Waals surface area contributed by atoms with Crippen LogP contribution in [0.25, 0.3) is 10.9 Å². The summed E-state index contributed by atoms with van der Waals surface area (Å²) in [6, 6.07) is 4.31. The maximum Gasteiger partial charge on any atom is 0.123 e. The minimum absolute atomic E-state index is 0. The number of halogens is 1. The van der Waals surface area contributed by atoms with E-state index in [2.05, 4.69) is 22.4 Å². The number of hydrogen-bond acceptors (Lipinski definition) is 2. The Morgan fingerprint density at radius 2 is 1.89 bits per heavy atom. The maximum atomic E-state index is 5.79. The lowest BCUT2D eigenvalue weighted by Gasteiger charge is -2.18. The van der Waals surface area contributed by atoms with Crippen molar-refractivity contribution < 1.29 is 4.74 Å². The van der Waals surface area contributed by atoms with Crippen LogP contribution in [0.4, 0.5) is 0 Å². The smallest absolute Gasteiger partial charge is 0.123 e. The molecule has 0 bridgehead atoms. The number of rotatable bonds is 0. The zero-order chi connectivity index (χ0) is 11.9. The fourth-order valence-electron chi connectivity index (χ4n) is 3.32. The predicted molar refractivity (Wildman–Crippen MR) is 79.6 cm³/mol. The van der Waals surface area contributed by atoms with Crippen molar-refractivity contribution in [3.63, 3.8) is 0 Å². The summed E-state index contributed by atoms with van der Waals surface area (Å²) in [6.07, 6.45) is 4.54. The molecule has 102 valence electrons. The number of nitrogens with one attached hydrogen (secondary N) is 2. The van der Waals surface area contributed by atoms with Gasteiger partial charge in [0.25, 0.3) is 0 Å². The first-order chi connectivity index (χ1) is 8.93. The van der Waals surface area contributed by atoms with Crippen molar-refractivity contribution >= 4 is 23.3 Å². The first-order valence-corrected chi connectivity index (χ1v) is 6.92. The Hall–Kier alpha value is -1.19. The van der Waals surface area contributed by atoms with Gasteiger partial charge in [-0.05, 0) is 43.5 Å². The lowest BCUT2D eigenvalue weighted by molar-refractivity contribution is 0.289. The first kappa shape index (κ1) is 12.8. The second-order valence-electron chi connectivity index (χ2n) is 5.25. The van der Waals surface area contributed by atoms with E-state index in [9.17, 15) is 0 Å². The molecule has 0 spiro atoms. The fourth-order valence-corrected chi connectivity index (χ4v) is 3.32. The summed E-state index contributed by atoms with van der Waals surface area (Å²) in [4.78, 5) is 3.61. The molecule has 2 aliphatic rings. The van der Waals surface area contributed by atoms with Gasteiger partial charge in [0.15, 0.2) is 0 Å². The van der Waals surface area contributed by atoms with E-state index in [1.165, 1.54) is 27.7 Å². The molecule has 4 heteroatoms. The standard InChI is InChI=1S/C15H18N2O.ClH/c1-2-11-14(18-9-1)4-3-13-15(11)10-5-7-16-8-6-12(10)17-13;/h3-4,16-17H,1-2,5-9H2;1H. The second kappa shape index (κ2) is 5.06. The molecule has 0 fully saturated rings. The molecule has 0 atom stereocenters. The van der Waals surface area contributed by atoms with Crippen molar-refractivity contribution in [1.82, 2.24) is 10.3 Å². The summed E-state index contributed by atoms with van der Waals surface area (Å²) in [5.74, 6) is 1.10. The minimum atomic E-state index is 0. The number of aromatic amines is 1. The highest BCUT2D eigenvalue weighted by Gasteiger charge is 2.20. The zero-order valence-corrected chi connectivity index (χ0v) is 11.7. The topological polar surface area (TPSA) is 37.0 Å². The third-order valence-electron chi connectivity index (χ3n) is 4.15. The van der Waals surface area contributed by atoms with Gasteiger partial charge in [0.2, 0.25) is 0 Å². The fraction of sp³-hybridized carbons (Fsp3) is 0.467. The summed E-state index contributed by atoms with van der Waals surface area (Å²) < 4.78 is 5.79. The van der Waals surface area contributed by atoms with Crippen LogP contribution in [0.2, 0.25) is 0 Å². The Bertz CT molecular complexity index is 606. The SMILES string of the molecule is Cl.c1cc2[nH]c3c(c2c2c1OCCC2)CCNCC3. The zero-order valence-electron chi connectivity index (χ0n) is 10.9. The third-order valence-corrected chi connectivity index (χ3v) is 4.15. The highest BCUT2D eigenvalue weighted by atomic mass is 35.5. The van der Waals surface area contributed by atoms with E-state index in [0.29, 0.717) is 0 Å². The Morgan fingerprint density at radius 3 is 2.84 bits per heavy atom. The molecule has 0 saturated heterocycles. The van der Waals surface area contributed by atoms with E-state index < -0.39 is 0 Å². The normalized spacial score (nSPS) is 17.9. The molecular formula is C15H19ClN2O. The Kier molecular flexibility index (Phi) is 3.42. The number of hydrogen-bond donors (Lipinski definition) is 2. The minimum Gasteiger partial charge on any atom is -0.493 e. The molecule has 0 aliphatic carbocycles. The molecule has 0 amide bonds. The van der Waals surface area contributed by atoms with Gasteiger partial charge < -0.3 is 15.0 Å². The van der Waals surface area contributed by atoms with Gasteiger partial charge in [-0.2, -0.15) is 0 Å². The van der Waals surface area contributed by atoms with E-state index in [0.717, 1.165) is 51.1 Å². The van der Waals surface area contributed by atoms with Crippen molar-refractivity contribution in [2.75, 3.05) is 19.7 Å². The monoisotopic (exact) mass is 278 g/mol. The quantitative estimate of drug-likeness (QED) is 0.777. The van der Waals surface area contributed by atoms with Gasteiger partial charge in [0.1, 0.15) is 5.75 Å². The highest BCUT2D eigenvalue weighted by molar-refractivity contribution is 5.90. The highest BCUT2D eigenvalue weighted by Crippen LogP contribution is 2.36. The molecule has 0 saturated carbocycles. The van der Waals surface area contributed by atoms with Crippen LogP contribution in [0.15, 0.2) is 12.1 Å². The van der Waals surface area contributed by atoms with E-state index in [-0.39, 0.29) is 12.4 Å². The number of fused-ring (bicyclic) bond motifs is 5. The molecule has 0 radical (unpaired) electrons. The van der Waals surface area contributed by atoms with Gasteiger partial charge in [0.05, 0.1) is 6.61 Å². The predicted octanol–water partition coefficient (Wildman–Crippen LogP) is 2.60. The van der Waals surface area contributed by atoms with E-state index >= 15 is 0 Å². The summed E-state index contributed by atoms with van der Waals surface area (Å²) in [5.41, 5.74) is 5.68. The average molecular weight is 279 g/mol. The van der Waals surface area contributed by atoms with Gasteiger partial charge in [-0.3, -0.25) is 0 Å². The third kappa shape index (κ3) is 2.01. The maximum absolute atomic E-state index is 5.79. The Balaban J connectivity index is 0.00000110. The van der Waals surface area contributed by atoms with E-state index in [4.69, 9.17) is 4.74 Å². The Morgan fingerprint density at radius 1 is 1.00 bits per heavy atom. The molecule has 1 aromatic carbocycles. The number of H-pyrrole nitrogens is 1. The molecule has 19 heavy (non-hydrogen) atoms. The van der Waals surface area contributed by atoms with Crippen LogP contribution in [0.3, 0.4) is 0 Å². The Labute approximate surface area is 119 Å². The van der Waals surface area contributed by atoms with Crippen LogP contribution in [0.1, 0.15) is 23.2 Å². The summed E-state index contributed by atoms with van der Waals surface area (Å²) in [5, 5.41) is 4.92. The van der Waals surface area contributed by atoms with Gasteiger partial charge in [-0.25, -0.2) is 0 Å². The van der Waals surface area contributed by atoms with Gasteiger partial charge >= 0.3 is 0 Å². The van der Waals surface area contributed by atoms with E-state index in [1.807, 2.05) is 0 Å². The second-order valence-corrected chi connectivity index (χ2v) is 5.25. The molecule has 0 unspecified atom stereocenters. The van der Waals surface area contributed by atoms with Crippen molar-refractivity contribution in [3.05, 3.63) is 29.0 Å². The largest absolute Gasteiger partial charge is 0.493 e. The van der Waals surface area contributed by atoms with Gasteiger partial charge in [0, 0.05) is 35.1 Å². The molecule has 3 nitrogen and oxygen atoms in total. The van der Waals surface area contributed by atoms with Gasteiger partial charge in [-0.1, -0.05) is 0 Å². The molecular weight excluding hydrogens is 260 g/mol. The number of benzene rings is 1. The molecule has 2 N–H and O–H groups in total. The van der Waals surface area contributed by atoms with Crippen molar-refractivity contribution in [2.24, 2.45) is 0 Å². The van der Waals surface area contributed by atoms with Crippen molar-refractivity contribution in [2.45, 2.75) is 25.7 Å². The van der Waals surface area contributed by atoms with Crippen LogP contribution in [-0.4, -0.2) is 24.7 Å². The summed E-state index contributed by atoms with van der Waals surface area (Å²) in [6.45, 7) is 3.04. The van der Waals surface area contributed by atoms with Crippen molar-refractivity contribution in [1.29, 1.82) is 0 Å². The van der Waals surface area contributed by atoms with E-state index in [1.54, 1.807) is 0 Å². The van der Waals surface area contributed by atoms with Crippen LogP contribution >= 0.6 is 12.4 Å². The first-order valence-electron chi connectivity index (χ1n) is 6.92. The molecule has 2 aliphatic heterocycles. The number of ether oxygens (including phenoxy) is 1. The number of aryl methyl sites for hydroxylation is 1. The molecule has 3 heterocycles. The van der Waals surface area contributed by atoms with Crippen LogP contribution in [-0.2, 0) is 19.3 Å². The van der Waals surface area contributed by atoms with Crippen LogP contribution in [0, 0.1) is 0 Å². The molecule has 4 rings (SSSR count).